The highest BCUT2D eigenvalue weighted by atomic mass is 16.5. The molecule has 3 heteroatoms. The highest BCUT2D eigenvalue weighted by molar-refractivity contribution is 5.81. The van der Waals surface area contributed by atoms with E-state index >= 15 is 0 Å². The predicted octanol–water partition coefficient (Wildman–Crippen LogP) is 2.20. The lowest BCUT2D eigenvalue weighted by Gasteiger charge is -2.44. The van der Waals surface area contributed by atoms with E-state index in [1.165, 1.54) is 38.5 Å². The minimum absolute atomic E-state index is 0.194. The first-order valence-electron chi connectivity index (χ1n) is 6.57. The molecule has 2 aliphatic rings. The molecule has 16 heavy (non-hydrogen) atoms. The van der Waals surface area contributed by atoms with Crippen molar-refractivity contribution < 1.29 is 9.53 Å². The van der Waals surface area contributed by atoms with Crippen molar-refractivity contribution in [3.63, 3.8) is 0 Å². The monoisotopic (exact) mass is 225 g/mol. The zero-order valence-electron chi connectivity index (χ0n) is 10.4. The van der Waals surface area contributed by atoms with Gasteiger partial charge in [0.1, 0.15) is 6.10 Å². The first kappa shape index (κ1) is 11.9. The van der Waals surface area contributed by atoms with Crippen LogP contribution in [0.5, 0.6) is 0 Å². The third-order valence-corrected chi connectivity index (χ3v) is 4.23. The van der Waals surface area contributed by atoms with Gasteiger partial charge < -0.3 is 9.64 Å². The van der Waals surface area contributed by atoms with Crippen LogP contribution in [-0.2, 0) is 9.53 Å². The van der Waals surface area contributed by atoms with Crippen molar-refractivity contribution in [2.45, 2.75) is 57.6 Å². The van der Waals surface area contributed by atoms with Gasteiger partial charge in [-0.15, -0.1) is 0 Å². The van der Waals surface area contributed by atoms with Gasteiger partial charge in [-0.25, -0.2) is 0 Å². The summed E-state index contributed by atoms with van der Waals surface area (Å²) in [5, 5.41) is 0. The van der Waals surface area contributed by atoms with E-state index in [4.69, 9.17) is 4.74 Å². The molecule has 1 heterocycles. The highest BCUT2D eigenvalue weighted by Gasteiger charge is 2.36. The summed E-state index contributed by atoms with van der Waals surface area (Å²) < 4.78 is 5.15. The summed E-state index contributed by atoms with van der Waals surface area (Å²) in [6, 6.07) is 0.507. The second kappa shape index (κ2) is 5.17. The molecule has 1 unspecified atom stereocenters. The molecule has 1 saturated heterocycles. The third kappa shape index (κ3) is 2.24. The molecule has 92 valence electrons. The van der Waals surface area contributed by atoms with Crippen molar-refractivity contribution in [1.29, 1.82) is 0 Å². The van der Waals surface area contributed by atoms with E-state index in [9.17, 15) is 4.79 Å². The van der Waals surface area contributed by atoms with Crippen LogP contribution in [0.15, 0.2) is 0 Å². The number of fused-ring (bicyclic) bond motifs is 1. The van der Waals surface area contributed by atoms with Crippen molar-refractivity contribution in [2.75, 3.05) is 13.7 Å². The average molecular weight is 225 g/mol. The maximum absolute atomic E-state index is 12.2. The standard InChI is InChI=1S/C13H23NO2/c1-10(16-2)13(15)14-9-5-7-11-6-3-4-8-12(11)14/h10-12H,3-9H2,1-2H3/t10?,11-,12-/m1/s1. The largest absolute Gasteiger partial charge is 0.372 e. The zero-order chi connectivity index (χ0) is 11.5. The van der Waals surface area contributed by atoms with Gasteiger partial charge in [0.2, 0.25) is 0 Å². The summed E-state index contributed by atoms with van der Waals surface area (Å²) in [7, 11) is 1.62. The van der Waals surface area contributed by atoms with Crippen molar-refractivity contribution in [3.8, 4) is 0 Å². The van der Waals surface area contributed by atoms with E-state index in [-0.39, 0.29) is 12.0 Å². The van der Waals surface area contributed by atoms with Crippen LogP contribution < -0.4 is 0 Å². The number of piperidine rings is 1. The Hall–Kier alpha value is -0.570. The number of carbonyl (C=O) groups is 1. The summed E-state index contributed by atoms with van der Waals surface area (Å²) in [4.78, 5) is 14.3. The number of nitrogens with zero attached hydrogens (tertiary/aromatic N) is 1. The summed E-state index contributed by atoms with van der Waals surface area (Å²) in [6.45, 7) is 2.79. The number of amides is 1. The summed E-state index contributed by atoms with van der Waals surface area (Å²) >= 11 is 0. The summed E-state index contributed by atoms with van der Waals surface area (Å²) in [6.07, 6.45) is 7.36. The van der Waals surface area contributed by atoms with Gasteiger partial charge in [-0.2, -0.15) is 0 Å². The second-order valence-corrected chi connectivity index (χ2v) is 5.16. The van der Waals surface area contributed by atoms with Crippen molar-refractivity contribution >= 4 is 5.91 Å². The Morgan fingerprint density at radius 3 is 2.69 bits per heavy atom. The van der Waals surface area contributed by atoms with Crippen LogP contribution in [0.25, 0.3) is 0 Å². The van der Waals surface area contributed by atoms with E-state index < -0.39 is 0 Å². The Balaban J connectivity index is 2.04. The Bertz CT molecular complexity index is 252. The maximum atomic E-state index is 12.2. The number of hydrogen-bond acceptors (Lipinski definition) is 2. The summed E-state index contributed by atoms with van der Waals surface area (Å²) in [5.74, 6) is 0.953. The second-order valence-electron chi connectivity index (χ2n) is 5.16. The Morgan fingerprint density at radius 1 is 1.25 bits per heavy atom. The Kier molecular flexibility index (Phi) is 3.85. The minimum atomic E-state index is -0.277. The van der Waals surface area contributed by atoms with Crippen LogP contribution in [0.1, 0.15) is 45.4 Å². The van der Waals surface area contributed by atoms with E-state index in [2.05, 4.69) is 4.90 Å². The van der Waals surface area contributed by atoms with Gasteiger partial charge in [0, 0.05) is 19.7 Å². The van der Waals surface area contributed by atoms with Gasteiger partial charge in [0.25, 0.3) is 5.91 Å². The molecule has 0 aromatic carbocycles. The molecule has 0 radical (unpaired) electrons. The molecule has 1 amide bonds. The smallest absolute Gasteiger partial charge is 0.251 e. The molecule has 0 N–H and O–H groups in total. The lowest BCUT2D eigenvalue weighted by atomic mass is 9.78. The third-order valence-electron chi connectivity index (χ3n) is 4.23. The van der Waals surface area contributed by atoms with E-state index in [1.54, 1.807) is 7.11 Å². The first-order chi connectivity index (χ1) is 7.74. The Morgan fingerprint density at radius 2 is 1.94 bits per heavy atom. The quantitative estimate of drug-likeness (QED) is 0.721. The fraction of sp³-hybridized carbons (Fsp3) is 0.923. The van der Waals surface area contributed by atoms with Gasteiger partial charge in [-0.1, -0.05) is 12.8 Å². The average Bonchev–Trinajstić information content (AvgIpc) is 2.36. The maximum Gasteiger partial charge on any atom is 0.251 e. The van der Waals surface area contributed by atoms with Gasteiger partial charge in [0.05, 0.1) is 0 Å². The number of ether oxygens (including phenoxy) is 1. The molecular weight excluding hydrogens is 202 g/mol. The van der Waals surface area contributed by atoms with Crippen molar-refractivity contribution in [3.05, 3.63) is 0 Å². The van der Waals surface area contributed by atoms with Crippen LogP contribution >= 0.6 is 0 Å². The number of rotatable bonds is 2. The van der Waals surface area contributed by atoms with Crippen LogP contribution in [0.4, 0.5) is 0 Å². The molecule has 2 fully saturated rings. The number of carbonyl (C=O) groups excluding carboxylic acids is 1. The molecule has 3 atom stereocenters. The fourth-order valence-corrected chi connectivity index (χ4v) is 3.23. The van der Waals surface area contributed by atoms with Crippen molar-refractivity contribution in [1.82, 2.24) is 4.90 Å². The van der Waals surface area contributed by atoms with Crippen LogP contribution in [0, 0.1) is 5.92 Å². The van der Waals surface area contributed by atoms with Crippen LogP contribution in [0.2, 0.25) is 0 Å². The fourth-order valence-electron chi connectivity index (χ4n) is 3.23. The lowest BCUT2D eigenvalue weighted by molar-refractivity contribution is -0.147. The topological polar surface area (TPSA) is 29.5 Å². The summed E-state index contributed by atoms with van der Waals surface area (Å²) in [5.41, 5.74) is 0. The lowest BCUT2D eigenvalue weighted by Crippen LogP contribution is -2.52. The van der Waals surface area contributed by atoms with Crippen LogP contribution in [-0.4, -0.2) is 36.6 Å². The minimum Gasteiger partial charge on any atom is -0.372 e. The molecule has 0 spiro atoms. The SMILES string of the molecule is COC(C)C(=O)N1CCC[C@H]2CCCC[C@H]21. The molecule has 0 bridgehead atoms. The molecule has 0 aromatic rings. The van der Waals surface area contributed by atoms with Gasteiger partial charge in [-0.05, 0) is 38.5 Å². The van der Waals surface area contributed by atoms with Gasteiger partial charge >= 0.3 is 0 Å². The molecule has 3 nitrogen and oxygen atoms in total. The highest BCUT2D eigenvalue weighted by Crippen LogP contribution is 2.35. The zero-order valence-corrected chi connectivity index (χ0v) is 10.4. The molecule has 0 aromatic heterocycles. The Labute approximate surface area is 98.1 Å². The molecule has 2 rings (SSSR count). The van der Waals surface area contributed by atoms with E-state index in [0.717, 1.165) is 12.5 Å². The number of likely N-dealkylation sites (tertiary alicyclic amines) is 1. The van der Waals surface area contributed by atoms with Crippen molar-refractivity contribution in [2.24, 2.45) is 5.92 Å². The normalized spacial score (nSPS) is 32.0. The molecule has 1 saturated carbocycles. The van der Waals surface area contributed by atoms with Crippen LogP contribution in [0.3, 0.4) is 0 Å². The molecular formula is C13H23NO2. The van der Waals surface area contributed by atoms with Gasteiger partial charge in [0.15, 0.2) is 0 Å². The van der Waals surface area contributed by atoms with Gasteiger partial charge in [-0.3, -0.25) is 4.79 Å². The molecule has 1 aliphatic carbocycles. The molecule has 1 aliphatic heterocycles. The first-order valence-corrected chi connectivity index (χ1v) is 6.57. The number of methoxy groups -OCH3 is 1. The van der Waals surface area contributed by atoms with E-state index in [1.807, 2.05) is 6.92 Å². The predicted molar refractivity (Wildman–Crippen MR) is 63.2 cm³/mol. The number of hydrogen-bond donors (Lipinski definition) is 0. The van der Waals surface area contributed by atoms with E-state index in [0.29, 0.717) is 6.04 Å².